The zero-order valence-corrected chi connectivity index (χ0v) is 21.0. The van der Waals surface area contributed by atoms with E-state index in [0.717, 1.165) is 0 Å². The van der Waals surface area contributed by atoms with E-state index in [4.69, 9.17) is 4.89 Å². The van der Waals surface area contributed by atoms with Gasteiger partial charge in [-0.3, -0.25) is 4.89 Å². The van der Waals surface area contributed by atoms with Gasteiger partial charge in [-0.2, -0.15) is 70.2 Å². The summed E-state index contributed by atoms with van der Waals surface area (Å²) >= 11 is 0. The van der Waals surface area contributed by atoms with E-state index in [0.29, 0.717) is 12.1 Å². The first kappa shape index (κ1) is 37.9. The van der Waals surface area contributed by atoms with Crippen molar-refractivity contribution < 1.29 is 124 Å². The molecule has 0 amide bonds. The summed E-state index contributed by atoms with van der Waals surface area (Å²) in [6.45, 7) is 0. The van der Waals surface area contributed by atoms with Crippen molar-refractivity contribution in [3.63, 3.8) is 0 Å². The summed E-state index contributed by atoms with van der Waals surface area (Å²) in [4.78, 5) is 30.0. The molecule has 0 saturated heterocycles. The number of alkyl halides is 15. The molecule has 0 radical (unpaired) electrons. The van der Waals surface area contributed by atoms with Crippen LogP contribution in [0.25, 0.3) is 0 Å². The Morgan fingerprint density at radius 1 is 0.667 bits per heavy atom. The second-order valence-electron chi connectivity index (χ2n) is 7.06. The Morgan fingerprint density at radius 2 is 1.05 bits per heavy atom. The van der Waals surface area contributed by atoms with Crippen LogP contribution < -0.4 is 44.1 Å². The van der Waals surface area contributed by atoms with Crippen molar-refractivity contribution >= 4 is 7.94 Å². The van der Waals surface area contributed by atoms with Crippen molar-refractivity contribution in [2.45, 2.75) is 48.1 Å². The molecule has 1 N–H and O–H groups in total. The third kappa shape index (κ3) is 7.03. The van der Waals surface area contributed by atoms with Crippen molar-refractivity contribution in [3.8, 4) is 5.75 Å². The number of hydrogen-bond acceptors (Lipinski definition) is 4. The van der Waals surface area contributed by atoms with E-state index in [2.05, 4.69) is 4.74 Å². The second-order valence-corrected chi connectivity index (χ2v) is 8.65. The number of halogens is 17. The SMILES string of the molecule is [Na+].[O-][P+]([O-])(O)Cc1ccc(OC(F)(F)/C(F)=C(\F)C(F)(F)C(F)(F)C(F)(F)C(F)(F)C(F)(F)C(F)(F)F)cc1. The first-order chi connectivity index (χ1) is 16.5. The third-order valence-electron chi connectivity index (χ3n) is 4.21. The van der Waals surface area contributed by atoms with E-state index in [1.807, 2.05) is 0 Å². The van der Waals surface area contributed by atoms with Crippen molar-refractivity contribution in [2.24, 2.45) is 0 Å². The summed E-state index contributed by atoms with van der Waals surface area (Å²) in [5, 5.41) is 0. The smallest absolute Gasteiger partial charge is 0.659 e. The molecule has 0 aliphatic heterocycles. The maximum absolute atomic E-state index is 13.7. The molecule has 1 rings (SSSR count). The largest absolute Gasteiger partial charge is 1.00 e. The summed E-state index contributed by atoms with van der Waals surface area (Å²) in [6, 6.07) is 1.56. The molecule has 0 aromatic heterocycles. The Morgan fingerprint density at radius 3 is 1.41 bits per heavy atom. The summed E-state index contributed by atoms with van der Waals surface area (Å²) in [5.41, 5.74) is -0.395. The van der Waals surface area contributed by atoms with E-state index in [-0.39, 0.29) is 41.7 Å². The molecular formula is C16H7F17NaO4P. The van der Waals surface area contributed by atoms with Gasteiger partial charge in [0.05, 0.1) is 7.94 Å². The monoisotopic (exact) mass is 640 g/mol. The average Bonchev–Trinajstić information content (AvgIpc) is 2.71. The molecule has 0 fully saturated rings. The molecular weight excluding hydrogens is 633 g/mol. The maximum atomic E-state index is 13.7. The molecule has 0 saturated carbocycles. The zero-order chi connectivity index (χ0) is 30.6. The van der Waals surface area contributed by atoms with Crippen LogP contribution in [-0.2, 0) is 6.16 Å². The number of allylic oxidation sites excluding steroid dienone is 1. The van der Waals surface area contributed by atoms with Gasteiger partial charge in [-0.05, 0) is 17.7 Å². The molecule has 0 unspecified atom stereocenters. The van der Waals surface area contributed by atoms with Gasteiger partial charge in [0.2, 0.25) is 11.7 Å². The topological polar surface area (TPSA) is 75.6 Å². The van der Waals surface area contributed by atoms with E-state index < -0.39 is 79.0 Å². The van der Waals surface area contributed by atoms with Crippen LogP contribution in [0.15, 0.2) is 35.9 Å². The van der Waals surface area contributed by atoms with Crippen LogP contribution >= 0.6 is 7.94 Å². The average molecular weight is 640 g/mol. The van der Waals surface area contributed by atoms with Gasteiger partial charge in [0, 0.05) is 0 Å². The van der Waals surface area contributed by atoms with Crippen LogP contribution in [0, 0.1) is 0 Å². The Balaban J connectivity index is 0.0000144. The van der Waals surface area contributed by atoms with E-state index in [1.54, 1.807) is 0 Å². The van der Waals surface area contributed by atoms with Crippen molar-refractivity contribution in [1.82, 2.24) is 0 Å². The van der Waals surface area contributed by atoms with Gasteiger partial charge in [-0.15, -0.1) is 0 Å². The van der Waals surface area contributed by atoms with Crippen LogP contribution in [0.5, 0.6) is 5.75 Å². The zero-order valence-electron chi connectivity index (χ0n) is 18.1. The first-order valence-electron chi connectivity index (χ1n) is 8.68. The number of hydrogen-bond donors (Lipinski definition) is 1. The minimum Gasteiger partial charge on any atom is -0.659 e. The van der Waals surface area contributed by atoms with E-state index in [9.17, 15) is 84.4 Å². The van der Waals surface area contributed by atoms with Crippen LogP contribution in [0.3, 0.4) is 0 Å². The quantitative estimate of drug-likeness (QED) is 0.243. The Hall–Kier alpha value is -1.12. The van der Waals surface area contributed by atoms with Gasteiger partial charge < -0.3 is 14.5 Å². The Labute approximate surface area is 226 Å². The minimum atomic E-state index is -8.57. The summed E-state index contributed by atoms with van der Waals surface area (Å²) in [7, 11) is -4.99. The number of rotatable bonds is 10. The van der Waals surface area contributed by atoms with Gasteiger partial charge in [0.1, 0.15) is 11.9 Å². The molecule has 39 heavy (non-hydrogen) atoms. The van der Waals surface area contributed by atoms with Gasteiger partial charge in [0.15, 0.2) is 0 Å². The molecule has 220 valence electrons. The standard InChI is InChI=1S/C16H8F17O4P.Na/c17-8(9(18)11(21,22)37-7-3-1-6(2-4-7)5-38(34,35)36)10(19,20)12(23,24)13(25,26)14(27,28)15(29,30)16(31,32)33;/h1-4H,5H2,(H2,34,35,36);/q;+1/p-1/b9-8+;. The second kappa shape index (κ2) is 11.3. The first-order valence-corrected chi connectivity index (χ1v) is 10.4. The van der Waals surface area contributed by atoms with Crippen LogP contribution in [-0.4, -0.2) is 46.8 Å². The van der Waals surface area contributed by atoms with Gasteiger partial charge >= 0.3 is 71.5 Å². The van der Waals surface area contributed by atoms with Crippen molar-refractivity contribution in [2.75, 3.05) is 0 Å². The fourth-order valence-corrected chi connectivity index (χ4v) is 2.93. The van der Waals surface area contributed by atoms with Crippen molar-refractivity contribution in [1.29, 1.82) is 0 Å². The number of benzene rings is 1. The van der Waals surface area contributed by atoms with Crippen LogP contribution in [0.4, 0.5) is 74.6 Å². The third-order valence-corrected chi connectivity index (χ3v) is 4.97. The molecule has 0 aliphatic carbocycles. The molecule has 0 aliphatic rings. The van der Waals surface area contributed by atoms with E-state index in [1.165, 1.54) is 0 Å². The molecule has 1 aromatic rings. The fourth-order valence-electron chi connectivity index (χ4n) is 2.26. The van der Waals surface area contributed by atoms with Gasteiger partial charge in [-0.1, -0.05) is 12.1 Å². The molecule has 4 nitrogen and oxygen atoms in total. The predicted octanol–water partition coefficient (Wildman–Crippen LogP) is 2.53. The minimum absolute atomic E-state index is 0. The predicted molar refractivity (Wildman–Crippen MR) is 84.9 cm³/mol. The molecule has 0 spiro atoms. The Bertz CT molecular complexity index is 1030. The van der Waals surface area contributed by atoms with Gasteiger partial charge in [0.25, 0.3) is 0 Å². The molecule has 0 bridgehead atoms. The normalized spacial score (nSPS) is 15.5. The van der Waals surface area contributed by atoms with Crippen LogP contribution in [0.1, 0.15) is 5.56 Å². The Kier molecular flexibility index (Phi) is 11.0. The van der Waals surface area contributed by atoms with Crippen LogP contribution in [0.2, 0.25) is 0 Å². The maximum Gasteiger partial charge on any atom is 1.00 e. The molecule has 0 heterocycles. The van der Waals surface area contributed by atoms with Gasteiger partial charge in [-0.25, -0.2) is 4.39 Å². The molecule has 23 heteroatoms. The number of ether oxygens (including phenoxy) is 1. The van der Waals surface area contributed by atoms with E-state index >= 15 is 0 Å². The summed E-state index contributed by atoms with van der Waals surface area (Å²) in [5.74, 6) is -52.6. The molecule has 1 aromatic carbocycles. The summed E-state index contributed by atoms with van der Waals surface area (Å²) in [6.07, 6.45) is -15.1. The fraction of sp³-hybridized carbons (Fsp3) is 0.500. The molecule has 0 atom stereocenters. The summed E-state index contributed by atoms with van der Waals surface area (Å²) < 4.78 is 227. The van der Waals surface area contributed by atoms with Crippen molar-refractivity contribution in [3.05, 3.63) is 41.5 Å².